The number of carboxylic acid groups (broad SMARTS) is 1. The molecule has 0 bridgehead atoms. The molecule has 0 amide bonds. The van der Waals surface area contributed by atoms with Crippen LogP contribution < -0.4 is 0 Å². The number of sulfone groups is 1. The van der Waals surface area contributed by atoms with Crippen molar-refractivity contribution in [2.75, 3.05) is 11.5 Å². The van der Waals surface area contributed by atoms with Crippen LogP contribution in [0.3, 0.4) is 0 Å². The molecule has 0 aliphatic heterocycles. The zero-order valence-corrected chi connectivity index (χ0v) is 8.97. The van der Waals surface area contributed by atoms with E-state index in [1.165, 1.54) is 0 Å². The van der Waals surface area contributed by atoms with Gasteiger partial charge in [-0.3, -0.25) is 4.79 Å². The highest BCUT2D eigenvalue weighted by molar-refractivity contribution is 7.92. The van der Waals surface area contributed by atoms with Gasteiger partial charge in [0.2, 0.25) is 0 Å². The van der Waals surface area contributed by atoms with E-state index < -0.39 is 27.0 Å². The molecule has 0 aliphatic rings. The van der Waals surface area contributed by atoms with Gasteiger partial charge >= 0.3 is 5.97 Å². The molecule has 0 saturated heterocycles. The maximum atomic E-state index is 11.1. The van der Waals surface area contributed by atoms with Crippen molar-refractivity contribution in [3.63, 3.8) is 0 Å². The standard InChI is InChI=1S/C8H13NO4S/c1-8(2,6-9)3-4-14(12,13)5-7(10)11/h3-5H2,1-2H3,(H,10,11). The van der Waals surface area contributed by atoms with Crippen LogP contribution >= 0.6 is 0 Å². The van der Waals surface area contributed by atoms with Gasteiger partial charge in [-0.05, 0) is 20.3 Å². The highest BCUT2D eigenvalue weighted by atomic mass is 32.2. The molecule has 0 spiro atoms. The molecule has 0 aromatic heterocycles. The Morgan fingerprint density at radius 2 is 2.00 bits per heavy atom. The van der Waals surface area contributed by atoms with E-state index in [4.69, 9.17) is 10.4 Å². The van der Waals surface area contributed by atoms with E-state index in [1.807, 2.05) is 6.07 Å². The van der Waals surface area contributed by atoms with Crippen molar-refractivity contribution in [3.8, 4) is 6.07 Å². The maximum Gasteiger partial charge on any atom is 0.318 e. The monoisotopic (exact) mass is 219 g/mol. The lowest BCUT2D eigenvalue weighted by atomic mass is 9.93. The molecule has 6 heteroatoms. The molecule has 0 rings (SSSR count). The summed E-state index contributed by atoms with van der Waals surface area (Å²) in [6, 6.07) is 1.96. The van der Waals surface area contributed by atoms with E-state index in [0.717, 1.165) is 0 Å². The van der Waals surface area contributed by atoms with Gasteiger partial charge in [0.1, 0.15) is 5.75 Å². The first-order valence-electron chi connectivity index (χ1n) is 4.02. The predicted octanol–water partition coefficient (Wildman–Crippen LogP) is 0.426. The van der Waals surface area contributed by atoms with Crippen LogP contribution in [0.5, 0.6) is 0 Å². The van der Waals surface area contributed by atoms with Crippen LogP contribution in [0.25, 0.3) is 0 Å². The Bertz CT molecular complexity index is 350. The van der Waals surface area contributed by atoms with E-state index in [0.29, 0.717) is 0 Å². The molecule has 80 valence electrons. The fourth-order valence-electron chi connectivity index (χ4n) is 0.727. The van der Waals surface area contributed by atoms with Crippen LogP contribution in [0.2, 0.25) is 0 Å². The smallest absolute Gasteiger partial charge is 0.318 e. The van der Waals surface area contributed by atoms with Crippen LogP contribution in [0.1, 0.15) is 20.3 Å². The van der Waals surface area contributed by atoms with Crippen molar-refractivity contribution in [1.29, 1.82) is 5.26 Å². The fourth-order valence-corrected chi connectivity index (χ4v) is 2.07. The Hall–Kier alpha value is -1.09. The van der Waals surface area contributed by atoms with E-state index in [-0.39, 0.29) is 12.2 Å². The maximum absolute atomic E-state index is 11.1. The summed E-state index contributed by atoms with van der Waals surface area (Å²) in [4.78, 5) is 10.2. The van der Waals surface area contributed by atoms with E-state index >= 15 is 0 Å². The van der Waals surface area contributed by atoms with Crippen LogP contribution in [0, 0.1) is 16.7 Å². The van der Waals surface area contributed by atoms with Crippen LogP contribution in [0.15, 0.2) is 0 Å². The second kappa shape index (κ2) is 4.42. The second-order valence-electron chi connectivity index (χ2n) is 3.73. The summed E-state index contributed by atoms with van der Waals surface area (Å²) in [7, 11) is -3.57. The number of carbonyl (C=O) groups is 1. The molecule has 0 unspecified atom stereocenters. The molecule has 0 aliphatic carbocycles. The minimum Gasteiger partial charge on any atom is -0.480 e. The Balaban J connectivity index is 4.29. The van der Waals surface area contributed by atoms with Crippen molar-refractivity contribution < 1.29 is 18.3 Å². The third-order valence-electron chi connectivity index (χ3n) is 1.68. The minimum atomic E-state index is -3.57. The van der Waals surface area contributed by atoms with Gasteiger partial charge < -0.3 is 5.11 Å². The largest absolute Gasteiger partial charge is 0.480 e. The quantitative estimate of drug-likeness (QED) is 0.723. The lowest BCUT2D eigenvalue weighted by Gasteiger charge is -2.13. The Morgan fingerprint density at radius 1 is 1.50 bits per heavy atom. The molecule has 5 nitrogen and oxygen atoms in total. The van der Waals surface area contributed by atoms with Gasteiger partial charge in [-0.1, -0.05) is 0 Å². The lowest BCUT2D eigenvalue weighted by molar-refractivity contribution is -0.134. The molecule has 0 atom stereocenters. The summed E-state index contributed by atoms with van der Waals surface area (Å²) >= 11 is 0. The van der Waals surface area contributed by atoms with Crippen molar-refractivity contribution >= 4 is 15.8 Å². The first kappa shape index (κ1) is 12.9. The second-order valence-corrected chi connectivity index (χ2v) is 5.92. The summed E-state index contributed by atoms with van der Waals surface area (Å²) in [5, 5.41) is 16.9. The highest BCUT2D eigenvalue weighted by Crippen LogP contribution is 2.19. The number of rotatable bonds is 5. The molecular weight excluding hydrogens is 206 g/mol. The normalized spacial score (nSPS) is 12.1. The highest BCUT2D eigenvalue weighted by Gasteiger charge is 2.22. The van der Waals surface area contributed by atoms with Gasteiger partial charge in [-0.25, -0.2) is 8.42 Å². The topological polar surface area (TPSA) is 95.2 Å². The molecule has 14 heavy (non-hydrogen) atoms. The van der Waals surface area contributed by atoms with Gasteiger partial charge in [0.05, 0.1) is 17.2 Å². The third kappa shape index (κ3) is 5.54. The molecule has 0 aromatic carbocycles. The van der Waals surface area contributed by atoms with Gasteiger partial charge in [-0.2, -0.15) is 5.26 Å². The van der Waals surface area contributed by atoms with Gasteiger partial charge in [0, 0.05) is 0 Å². The van der Waals surface area contributed by atoms with E-state index in [2.05, 4.69) is 0 Å². The average Bonchev–Trinajstić information content (AvgIpc) is 1.99. The van der Waals surface area contributed by atoms with Crippen molar-refractivity contribution in [1.82, 2.24) is 0 Å². The molecular formula is C8H13NO4S. The number of aliphatic carboxylic acids is 1. The Labute approximate surface area is 83.3 Å². The van der Waals surface area contributed by atoms with Crippen LogP contribution in [-0.4, -0.2) is 31.0 Å². The molecule has 1 N–H and O–H groups in total. The van der Waals surface area contributed by atoms with Crippen molar-refractivity contribution in [3.05, 3.63) is 0 Å². The number of carboxylic acids is 1. The first-order chi connectivity index (χ1) is 6.18. The minimum absolute atomic E-state index is 0.152. The first-order valence-corrected chi connectivity index (χ1v) is 5.84. The van der Waals surface area contributed by atoms with Crippen LogP contribution in [0.4, 0.5) is 0 Å². The third-order valence-corrected chi connectivity index (χ3v) is 3.20. The molecule has 0 saturated carbocycles. The Morgan fingerprint density at radius 3 is 2.36 bits per heavy atom. The summed E-state index contributed by atoms with van der Waals surface area (Å²) in [5.41, 5.74) is -0.731. The SMILES string of the molecule is CC(C)(C#N)CCS(=O)(=O)CC(=O)O. The molecule has 0 aromatic rings. The zero-order chi connectivity index (χ0) is 11.4. The summed E-state index contributed by atoms with van der Waals surface area (Å²) in [6.45, 7) is 3.23. The predicted molar refractivity (Wildman–Crippen MR) is 50.3 cm³/mol. The number of hydrogen-bond acceptors (Lipinski definition) is 4. The van der Waals surface area contributed by atoms with Crippen molar-refractivity contribution in [2.24, 2.45) is 5.41 Å². The van der Waals surface area contributed by atoms with Gasteiger partial charge in [0.15, 0.2) is 9.84 Å². The summed E-state index contributed by atoms with van der Waals surface area (Å²) < 4.78 is 22.2. The van der Waals surface area contributed by atoms with E-state index in [1.54, 1.807) is 13.8 Å². The van der Waals surface area contributed by atoms with E-state index in [9.17, 15) is 13.2 Å². The number of hydrogen-bond donors (Lipinski definition) is 1. The van der Waals surface area contributed by atoms with Crippen LogP contribution in [-0.2, 0) is 14.6 Å². The number of nitrogens with zero attached hydrogens (tertiary/aromatic N) is 1. The summed E-state index contributed by atoms with van der Waals surface area (Å²) in [5.74, 6) is -2.49. The van der Waals surface area contributed by atoms with Crippen molar-refractivity contribution in [2.45, 2.75) is 20.3 Å². The summed E-state index contributed by atoms with van der Waals surface area (Å²) in [6.07, 6.45) is 0.152. The molecule has 0 fully saturated rings. The fraction of sp³-hybridized carbons (Fsp3) is 0.750. The number of nitriles is 1. The zero-order valence-electron chi connectivity index (χ0n) is 8.15. The average molecular weight is 219 g/mol. The lowest BCUT2D eigenvalue weighted by Crippen LogP contribution is -2.22. The van der Waals surface area contributed by atoms with Gasteiger partial charge in [0.25, 0.3) is 0 Å². The molecule has 0 radical (unpaired) electrons. The molecule has 0 heterocycles. The Kier molecular flexibility index (Phi) is 4.08. The van der Waals surface area contributed by atoms with Gasteiger partial charge in [-0.15, -0.1) is 0 Å².